The topological polar surface area (TPSA) is 125 Å². The highest BCUT2D eigenvalue weighted by Gasteiger charge is 2.17. The summed E-state index contributed by atoms with van der Waals surface area (Å²) in [5, 5.41) is 15.4. The molecule has 10 heteroatoms. The largest absolute Gasteiger partial charge is 0.354 e. The maximum Gasteiger partial charge on any atom is 0.271 e. The van der Waals surface area contributed by atoms with Crippen LogP contribution >= 0.6 is 11.3 Å². The van der Waals surface area contributed by atoms with E-state index in [0.29, 0.717) is 33.3 Å². The first-order valence-electron chi connectivity index (χ1n) is 8.33. The molecular weight excluding hydrogens is 412 g/mol. The van der Waals surface area contributed by atoms with E-state index in [1.165, 1.54) is 19.1 Å². The van der Waals surface area contributed by atoms with Crippen LogP contribution in [0.15, 0.2) is 45.1 Å². The van der Waals surface area contributed by atoms with E-state index in [1.807, 2.05) is 6.07 Å². The van der Waals surface area contributed by atoms with Crippen molar-refractivity contribution in [2.75, 3.05) is 10.0 Å². The molecule has 0 atom stereocenters. The van der Waals surface area contributed by atoms with Crippen LogP contribution in [0.25, 0.3) is 12.2 Å². The third-order valence-electron chi connectivity index (χ3n) is 3.70. The van der Waals surface area contributed by atoms with Gasteiger partial charge in [0.1, 0.15) is 15.6 Å². The van der Waals surface area contributed by atoms with Crippen molar-refractivity contribution < 1.29 is 17.7 Å². The molecule has 0 aliphatic rings. The lowest BCUT2D eigenvalue weighted by atomic mass is 10.2. The number of aromatic nitrogens is 1. The molecule has 8 nitrogen and oxygen atoms in total. The normalized spacial score (nSPS) is 11.3. The Morgan fingerprint density at radius 2 is 2.07 bits per heavy atom. The molecule has 1 aromatic carbocycles. The van der Waals surface area contributed by atoms with E-state index in [-0.39, 0.29) is 10.1 Å². The molecule has 3 rings (SSSR count). The van der Waals surface area contributed by atoms with Crippen molar-refractivity contribution in [3.63, 3.8) is 0 Å². The van der Waals surface area contributed by atoms with Crippen molar-refractivity contribution >= 4 is 50.8 Å². The summed E-state index contributed by atoms with van der Waals surface area (Å²) in [5.74, 6) is 0.115. The van der Waals surface area contributed by atoms with Crippen LogP contribution in [-0.2, 0) is 14.8 Å². The number of anilines is 2. The van der Waals surface area contributed by atoms with E-state index in [2.05, 4.69) is 15.2 Å². The van der Waals surface area contributed by atoms with E-state index in [9.17, 15) is 13.2 Å². The Morgan fingerprint density at radius 3 is 2.79 bits per heavy atom. The maximum absolute atomic E-state index is 12.6. The number of thiophene rings is 1. The lowest BCUT2D eigenvalue weighted by Gasteiger charge is -2.06. The van der Waals surface area contributed by atoms with Gasteiger partial charge in [-0.3, -0.25) is 9.52 Å². The average Bonchev–Trinajstić information content (AvgIpc) is 3.28. The molecule has 0 spiro atoms. The van der Waals surface area contributed by atoms with Crippen molar-refractivity contribution in [1.29, 1.82) is 5.26 Å². The van der Waals surface area contributed by atoms with Gasteiger partial charge in [0, 0.05) is 11.8 Å². The number of amides is 1. The predicted molar refractivity (Wildman–Crippen MR) is 111 cm³/mol. The average molecular weight is 428 g/mol. The summed E-state index contributed by atoms with van der Waals surface area (Å²) < 4.78 is 32.9. The number of hydrogen-bond acceptors (Lipinski definition) is 7. The Labute approximate surface area is 171 Å². The molecule has 29 heavy (non-hydrogen) atoms. The smallest absolute Gasteiger partial charge is 0.271 e. The van der Waals surface area contributed by atoms with E-state index in [4.69, 9.17) is 9.78 Å². The maximum atomic E-state index is 12.6. The molecule has 0 fully saturated rings. The number of nitriles is 1. The molecular formula is C19H16N4O4S2. The summed E-state index contributed by atoms with van der Waals surface area (Å²) in [6.45, 7) is 3.09. The first-order chi connectivity index (χ1) is 13.8. The second-order valence-corrected chi connectivity index (χ2v) is 9.00. The number of nitrogens with zero attached hydrogens (tertiary/aromatic N) is 2. The summed E-state index contributed by atoms with van der Waals surface area (Å²) in [4.78, 5) is 12.0. The lowest BCUT2D eigenvalue weighted by Crippen LogP contribution is -2.11. The highest BCUT2D eigenvalue weighted by atomic mass is 32.2. The number of rotatable bonds is 6. The molecule has 0 saturated carbocycles. The highest BCUT2D eigenvalue weighted by molar-refractivity contribution is 7.94. The summed E-state index contributed by atoms with van der Waals surface area (Å²) in [6, 6.07) is 11.3. The van der Waals surface area contributed by atoms with Crippen molar-refractivity contribution in [3.05, 3.63) is 58.3 Å². The van der Waals surface area contributed by atoms with Gasteiger partial charge in [-0.1, -0.05) is 11.2 Å². The predicted octanol–water partition coefficient (Wildman–Crippen LogP) is 3.85. The Kier molecular flexibility index (Phi) is 5.81. The number of hydrogen-bond donors (Lipinski definition) is 2. The molecule has 0 bridgehead atoms. The van der Waals surface area contributed by atoms with Gasteiger partial charge in [0.2, 0.25) is 5.91 Å². The SMILES string of the molecule is CC(=O)Nc1c(C)noc1/C=C/c1ccc(S(=O)(=O)Nc2cccc(C#N)c2)s1. The van der Waals surface area contributed by atoms with Crippen LogP contribution in [-0.4, -0.2) is 19.5 Å². The van der Waals surface area contributed by atoms with Crippen LogP contribution in [0.5, 0.6) is 0 Å². The number of sulfonamides is 1. The first-order valence-corrected chi connectivity index (χ1v) is 10.6. The quantitative estimate of drug-likeness (QED) is 0.614. The standard InChI is InChI=1S/C19H16N4O4S2/c1-12-19(21-13(2)24)17(27-22-12)8-6-16-7-9-18(28-16)29(25,26)23-15-5-3-4-14(10-15)11-20/h3-10,23H,1-2H3,(H,21,24)/b8-6+. The number of benzene rings is 1. The Morgan fingerprint density at radius 1 is 1.28 bits per heavy atom. The van der Waals surface area contributed by atoms with Crippen LogP contribution in [0, 0.1) is 18.3 Å². The van der Waals surface area contributed by atoms with Crippen molar-refractivity contribution in [1.82, 2.24) is 5.16 Å². The van der Waals surface area contributed by atoms with Gasteiger partial charge < -0.3 is 9.84 Å². The van der Waals surface area contributed by atoms with E-state index in [0.717, 1.165) is 11.3 Å². The van der Waals surface area contributed by atoms with Gasteiger partial charge in [0.05, 0.1) is 17.3 Å². The van der Waals surface area contributed by atoms with E-state index in [1.54, 1.807) is 43.3 Å². The van der Waals surface area contributed by atoms with Crippen molar-refractivity contribution in [3.8, 4) is 6.07 Å². The molecule has 0 aliphatic carbocycles. The zero-order valence-electron chi connectivity index (χ0n) is 15.5. The monoisotopic (exact) mass is 428 g/mol. The molecule has 0 aliphatic heterocycles. The van der Waals surface area contributed by atoms with Gasteiger partial charge >= 0.3 is 0 Å². The van der Waals surface area contributed by atoms with Gasteiger partial charge in [-0.2, -0.15) is 5.26 Å². The molecule has 1 amide bonds. The highest BCUT2D eigenvalue weighted by Crippen LogP contribution is 2.27. The fourth-order valence-electron chi connectivity index (χ4n) is 2.41. The second-order valence-electron chi connectivity index (χ2n) is 5.98. The van der Waals surface area contributed by atoms with E-state index < -0.39 is 10.0 Å². The number of nitrogens with one attached hydrogen (secondary N) is 2. The Bertz CT molecular complexity index is 1230. The van der Waals surface area contributed by atoms with Crippen molar-refractivity contribution in [2.45, 2.75) is 18.1 Å². The summed E-state index contributed by atoms with van der Waals surface area (Å²) in [6.07, 6.45) is 3.28. The zero-order chi connectivity index (χ0) is 21.0. The van der Waals surface area contributed by atoms with Crippen LogP contribution in [0.1, 0.15) is 28.8 Å². The summed E-state index contributed by atoms with van der Waals surface area (Å²) >= 11 is 1.06. The Hall–Kier alpha value is -3.42. The van der Waals surface area contributed by atoms with Crippen LogP contribution in [0.3, 0.4) is 0 Å². The van der Waals surface area contributed by atoms with Crippen LogP contribution in [0.2, 0.25) is 0 Å². The number of aryl methyl sites for hydroxylation is 1. The minimum absolute atomic E-state index is 0.121. The molecule has 0 unspecified atom stereocenters. The number of carbonyl (C=O) groups is 1. The molecule has 2 aromatic heterocycles. The molecule has 148 valence electrons. The lowest BCUT2D eigenvalue weighted by molar-refractivity contribution is -0.114. The fraction of sp³-hybridized carbons (Fsp3) is 0.105. The second kappa shape index (κ2) is 8.30. The minimum Gasteiger partial charge on any atom is -0.354 e. The minimum atomic E-state index is -3.79. The Balaban J connectivity index is 1.79. The molecule has 0 radical (unpaired) electrons. The van der Waals surface area contributed by atoms with Gasteiger partial charge in [-0.05, 0) is 49.4 Å². The zero-order valence-corrected chi connectivity index (χ0v) is 17.1. The fourth-order valence-corrected chi connectivity index (χ4v) is 4.69. The molecule has 2 N–H and O–H groups in total. The van der Waals surface area contributed by atoms with Gasteiger partial charge in [0.25, 0.3) is 10.0 Å². The summed E-state index contributed by atoms with van der Waals surface area (Å²) in [5.41, 5.74) is 1.68. The first kappa shape index (κ1) is 20.3. The summed E-state index contributed by atoms with van der Waals surface area (Å²) in [7, 11) is -3.79. The van der Waals surface area contributed by atoms with Crippen LogP contribution in [0.4, 0.5) is 11.4 Å². The molecule has 3 aromatic rings. The number of carbonyl (C=O) groups excluding carboxylic acids is 1. The van der Waals surface area contributed by atoms with Gasteiger partial charge in [-0.25, -0.2) is 8.42 Å². The van der Waals surface area contributed by atoms with Gasteiger partial charge in [0.15, 0.2) is 5.76 Å². The van der Waals surface area contributed by atoms with E-state index >= 15 is 0 Å². The third kappa shape index (κ3) is 4.90. The third-order valence-corrected chi connectivity index (χ3v) is 6.62. The van der Waals surface area contributed by atoms with Gasteiger partial charge in [-0.15, -0.1) is 11.3 Å². The molecule has 0 saturated heterocycles. The molecule has 2 heterocycles. The van der Waals surface area contributed by atoms with Crippen LogP contribution < -0.4 is 10.0 Å². The van der Waals surface area contributed by atoms with Crippen molar-refractivity contribution in [2.24, 2.45) is 0 Å².